The SMILES string of the molecule is CO[Si](CCCN(C(C)(C)C)C(C)(C)C)(OC)OC. The van der Waals surface area contributed by atoms with Gasteiger partial charge < -0.3 is 13.3 Å². The molecule has 0 unspecified atom stereocenters. The van der Waals surface area contributed by atoms with Crippen LogP contribution in [-0.2, 0) is 13.3 Å². The third-order valence-electron chi connectivity index (χ3n) is 3.42. The number of hydrogen-bond donors (Lipinski definition) is 0. The van der Waals surface area contributed by atoms with Crippen LogP contribution >= 0.6 is 0 Å². The van der Waals surface area contributed by atoms with E-state index in [0.717, 1.165) is 19.0 Å². The van der Waals surface area contributed by atoms with Crippen molar-refractivity contribution in [3.63, 3.8) is 0 Å². The van der Waals surface area contributed by atoms with Gasteiger partial charge in [-0.05, 0) is 54.5 Å². The van der Waals surface area contributed by atoms with Crippen molar-refractivity contribution in [2.75, 3.05) is 27.9 Å². The summed E-state index contributed by atoms with van der Waals surface area (Å²) >= 11 is 0. The smallest absolute Gasteiger partial charge is 0.377 e. The Morgan fingerprint density at radius 1 is 0.789 bits per heavy atom. The van der Waals surface area contributed by atoms with E-state index < -0.39 is 8.80 Å². The fourth-order valence-electron chi connectivity index (χ4n) is 2.69. The molecule has 0 bridgehead atoms. The molecule has 0 heterocycles. The van der Waals surface area contributed by atoms with Gasteiger partial charge in [0.15, 0.2) is 0 Å². The molecule has 116 valence electrons. The number of hydrogen-bond acceptors (Lipinski definition) is 4. The second kappa shape index (κ2) is 7.18. The lowest BCUT2D eigenvalue weighted by Gasteiger charge is -2.45. The zero-order chi connectivity index (χ0) is 15.3. The van der Waals surface area contributed by atoms with Gasteiger partial charge in [0, 0.05) is 38.5 Å². The van der Waals surface area contributed by atoms with Gasteiger partial charge in [0.05, 0.1) is 0 Å². The van der Waals surface area contributed by atoms with E-state index in [1.54, 1.807) is 21.3 Å². The molecule has 0 N–H and O–H groups in total. The molecule has 0 aliphatic heterocycles. The van der Waals surface area contributed by atoms with Crippen molar-refractivity contribution < 1.29 is 13.3 Å². The predicted molar refractivity (Wildman–Crippen MR) is 82.4 cm³/mol. The summed E-state index contributed by atoms with van der Waals surface area (Å²) in [7, 11) is 2.58. The molecule has 0 aliphatic carbocycles. The normalized spacial score (nSPS) is 14.2. The molecule has 19 heavy (non-hydrogen) atoms. The first-order chi connectivity index (χ1) is 8.52. The molecule has 0 atom stereocenters. The van der Waals surface area contributed by atoms with Gasteiger partial charge in [0.2, 0.25) is 0 Å². The van der Waals surface area contributed by atoms with Gasteiger partial charge in [-0.1, -0.05) is 0 Å². The van der Waals surface area contributed by atoms with E-state index in [2.05, 4.69) is 46.4 Å². The van der Waals surface area contributed by atoms with E-state index in [-0.39, 0.29) is 11.1 Å². The lowest BCUT2D eigenvalue weighted by atomic mass is 9.96. The molecule has 0 aromatic rings. The third-order valence-corrected chi connectivity index (χ3v) is 6.25. The molecule has 0 rings (SSSR count). The maximum Gasteiger partial charge on any atom is 0.500 e. The second-order valence-electron chi connectivity index (χ2n) is 6.89. The van der Waals surface area contributed by atoms with Crippen molar-refractivity contribution >= 4 is 8.80 Å². The highest BCUT2D eigenvalue weighted by molar-refractivity contribution is 6.60. The summed E-state index contributed by atoms with van der Waals surface area (Å²) in [5, 5.41) is 0. The molecule has 0 spiro atoms. The van der Waals surface area contributed by atoms with E-state index in [1.807, 2.05) is 0 Å². The molecule has 0 saturated carbocycles. The van der Waals surface area contributed by atoms with Crippen LogP contribution in [0.2, 0.25) is 6.04 Å². The van der Waals surface area contributed by atoms with E-state index >= 15 is 0 Å². The molecule has 0 radical (unpaired) electrons. The molecular weight excluding hydrogens is 258 g/mol. The first-order valence-electron chi connectivity index (χ1n) is 6.95. The minimum atomic E-state index is -2.43. The summed E-state index contributed by atoms with van der Waals surface area (Å²) in [5.74, 6) is 0. The van der Waals surface area contributed by atoms with Crippen LogP contribution in [0.5, 0.6) is 0 Å². The molecule has 0 aromatic heterocycles. The van der Waals surface area contributed by atoms with Gasteiger partial charge >= 0.3 is 8.80 Å². The zero-order valence-electron chi connectivity index (χ0n) is 14.3. The summed E-state index contributed by atoms with van der Waals surface area (Å²) in [6.07, 6.45) is 1.01. The highest BCUT2D eigenvalue weighted by Gasteiger charge is 2.38. The van der Waals surface area contributed by atoms with Crippen molar-refractivity contribution in [3.8, 4) is 0 Å². The standard InChI is InChI=1S/C14H33NO3Si/c1-13(2,3)15(14(4,5)6)11-10-12-19(16-7,17-8)18-9/h10-12H2,1-9H3. The fraction of sp³-hybridized carbons (Fsp3) is 1.00. The Balaban J connectivity index is 4.59. The summed E-state index contributed by atoms with van der Waals surface area (Å²) in [4.78, 5) is 2.51. The topological polar surface area (TPSA) is 30.9 Å². The van der Waals surface area contributed by atoms with Crippen molar-refractivity contribution in [2.24, 2.45) is 0 Å². The first-order valence-corrected chi connectivity index (χ1v) is 8.89. The van der Waals surface area contributed by atoms with Crippen LogP contribution in [0, 0.1) is 0 Å². The van der Waals surface area contributed by atoms with Gasteiger partial charge in [-0.3, -0.25) is 4.90 Å². The lowest BCUT2D eigenvalue weighted by Crippen LogP contribution is -2.53. The molecule has 5 heteroatoms. The van der Waals surface area contributed by atoms with Crippen LogP contribution < -0.4 is 0 Å². The monoisotopic (exact) mass is 291 g/mol. The highest BCUT2D eigenvalue weighted by atomic mass is 28.4. The van der Waals surface area contributed by atoms with Crippen molar-refractivity contribution in [2.45, 2.75) is 65.1 Å². The Morgan fingerprint density at radius 3 is 1.42 bits per heavy atom. The van der Waals surface area contributed by atoms with Gasteiger partial charge in [0.1, 0.15) is 0 Å². The second-order valence-corrected chi connectivity index (χ2v) is 9.98. The molecule has 0 amide bonds. The maximum atomic E-state index is 5.47. The molecule has 0 fully saturated rings. The Labute approximate surface area is 120 Å². The Morgan fingerprint density at radius 2 is 1.16 bits per heavy atom. The van der Waals surface area contributed by atoms with Crippen molar-refractivity contribution in [1.82, 2.24) is 4.90 Å². The zero-order valence-corrected chi connectivity index (χ0v) is 15.3. The summed E-state index contributed by atoms with van der Waals surface area (Å²) in [5.41, 5.74) is 0.297. The van der Waals surface area contributed by atoms with Gasteiger partial charge in [-0.25, -0.2) is 0 Å². The van der Waals surface area contributed by atoms with Gasteiger partial charge in [-0.2, -0.15) is 0 Å². The molecule has 4 nitrogen and oxygen atoms in total. The number of nitrogens with zero attached hydrogens (tertiary/aromatic N) is 1. The summed E-state index contributed by atoms with van der Waals surface area (Å²) < 4.78 is 16.4. The van der Waals surface area contributed by atoms with Crippen LogP contribution in [0.15, 0.2) is 0 Å². The Hall–Kier alpha value is 0.0569. The average Bonchev–Trinajstić information content (AvgIpc) is 2.27. The van der Waals surface area contributed by atoms with E-state index in [1.165, 1.54) is 0 Å². The van der Waals surface area contributed by atoms with E-state index in [4.69, 9.17) is 13.3 Å². The highest BCUT2D eigenvalue weighted by Crippen LogP contribution is 2.26. The molecular formula is C14H33NO3Si. The van der Waals surface area contributed by atoms with Crippen LogP contribution in [-0.4, -0.2) is 52.7 Å². The van der Waals surface area contributed by atoms with Crippen LogP contribution in [0.3, 0.4) is 0 Å². The average molecular weight is 292 g/mol. The Kier molecular flexibility index (Phi) is 7.20. The van der Waals surface area contributed by atoms with Crippen molar-refractivity contribution in [1.29, 1.82) is 0 Å². The largest absolute Gasteiger partial charge is 0.500 e. The quantitative estimate of drug-likeness (QED) is 0.674. The summed E-state index contributed by atoms with van der Waals surface area (Å²) in [6, 6.07) is 0.846. The van der Waals surface area contributed by atoms with Gasteiger partial charge in [-0.15, -0.1) is 0 Å². The third kappa shape index (κ3) is 5.91. The van der Waals surface area contributed by atoms with Crippen molar-refractivity contribution in [3.05, 3.63) is 0 Å². The summed E-state index contributed by atoms with van der Waals surface area (Å²) in [6.45, 7) is 14.5. The Bertz CT molecular complexity index is 232. The lowest BCUT2D eigenvalue weighted by molar-refractivity contribution is 0.0362. The van der Waals surface area contributed by atoms with Gasteiger partial charge in [0.25, 0.3) is 0 Å². The number of rotatable bonds is 7. The first kappa shape index (κ1) is 19.1. The molecule has 0 aromatic carbocycles. The van der Waals surface area contributed by atoms with Crippen LogP contribution in [0.4, 0.5) is 0 Å². The molecule has 0 saturated heterocycles. The van der Waals surface area contributed by atoms with Crippen LogP contribution in [0.1, 0.15) is 48.0 Å². The van der Waals surface area contributed by atoms with E-state index in [0.29, 0.717) is 0 Å². The van der Waals surface area contributed by atoms with Crippen LogP contribution in [0.25, 0.3) is 0 Å². The minimum Gasteiger partial charge on any atom is -0.377 e. The minimum absolute atomic E-state index is 0.148. The molecule has 0 aliphatic rings. The maximum absolute atomic E-state index is 5.47. The fourth-order valence-corrected chi connectivity index (χ4v) is 4.39. The predicted octanol–water partition coefficient (Wildman–Crippen LogP) is 3.15. The van der Waals surface area contributed by atoms with E-state index in [9.17, 15) is 0 Å².